The SMILES string of the molecule is [B]c1ccc2c(c1)c1cnccc1n2-c1cccc(-n2c3ccncc3c3cc(C)ccc32)c1. The van der Waals surface area contributed by atoms with E-state index in [0.29, 0.717) is 0 Å². The first-order chi connectivity index (χ1) is 16.7. The molecule has 7 rings (SSSR count). The molecule has 4 heterocycles. The molecule has 0 unspecified atom stereocenters. The Hall–Kier alpha value is -4.38. The molecule has 0 aliphatic carbocycles. The molecule has 0 aliphatic rings. The van der Waals surface area contributed by atoms with Crippen LogP contribution in [0, 0.1) is 6.92 Å². The zero-order valence-corrected chi connectivity index (χ0v) is 18.6. The Bertz CT molecular complexity index is 1760. The molecule has 0 N–H and O–H groups in total. The van der Waals surface area contributed by atoms with Gasteiger partial charge in [-0.2, -0.15) is 0 Å². The first-order valence-corrected chi connectivity index (χ1v) is 11.3. The van der Waals surface area contributed by atoms with Crippen LogP contribution in [0.25, 0.3) is 55.0 Å². The number of aromatic nitrogens is 4. The van der Waals surface area contributed by atoms with Gasteiger partial charge in [0.1, 0.15) is 7.85 Å². The van der Waals surface area contributed by atoms with Crippen LogP contribution in [0.5, 0.6) is 0 Å². The fraction of sp³-hybridized carbons (Fsp3) is 0.0345. The number of fused-ring (bicyclic) bond motifs is 6. The van der Waals surface area contributed by atoms with Gasteiger partial charge >= 0.3 is 0 Å². The highest BCUT2D eigenvalue weighted by molar-refractivity contribution is 6.33. The summed E-state index contributed by atoms with van der Waals surface area (Å²) in [6, 6.07) is 25.5. The Morgan fingerprint density at radius 2 is 1.15 bits per heavy atom. The zero-order valence-electron chi connectivity index (χ0n) is 18.6. The number of hydrogen-bond donors (Lipinski definition) is 0. The Morgan fingerprint density at radius 1 is 0.588 bits per heavy atom. The van der Waals surface area contributed by atoms with E-state index in [2.05, 4.69) is 86.7 Å². The minimum atomic E-state index is 0.748. The van der Waals surface area contributed by atoms with Crippen molar-refractivity contribution in [3.05, 3.63) is 103 Å². The van der Waals surface area contributed by atoms with Crippen molar-refractivity contribution in [1.29, 1.82) is 0 Å². The van der Waals surface area contributed by atoms with Crippen LogP contribution < -0.4 is 5.46 Å². The van der Waals surface area contributed by atoms with Crippen LogP contribution in [0.15, 0.2) is 97.6 Å². The van der Waals surface area contributed by atoms with E-state index in [1.165, 1.54) is 16.5 Å². The number of hydrogen-bond acceptors (Lipinski definition) is 2. The van der Waals surface area contributed by atoms with Crippen molar-refractivity contribution in [3.63, 3.8) is 0 Å². The van der Waals surface area contributed by atoms with Gasteiger partial charge in [-0.1, -0.05) is 35.3 Å². The van der Waals surface area contributed by atoms with Crippen molar-refractivity contribution >= 4 is 56.9 Å². The first-order valence-electron chi connectivity index (χ1n) is 11.3. The van der Waals surface area contributed by atoms with E-state index < -0.39 is 0 Å². The average Bonchev–Trinajstić information content (AvgIpc) is 3.36. The highest BCUT2D eigenvalue weighted by atomic mass is 15.0. The van der Waals surface area contributed by atoms with Gasteiger partial charge in [-0.05, 0) is 55.5 Å². The number of aryl methyl sites for hydroxylation is 1. The van der Waals surface area contributed by atoms with Gasteiger partial charge in [0.15, 0.2) is 0 Å². The standard InChI is InChI=1S/C29H19BN4/c1-18-5-7-26-22(13-18)24-16-31-11-9-28(24)33(26)20-3-2-4-21(15-20)34-27-8-6-19(30)14-23(27)25-17-32-12-10-29(25)34/h2-17H,1H3. The van der Waals surface area contributed by atoms with Crippen LogP contribution in [-0.2, 0) is 0 Å². The minimum Gasteiger partial charge on any atom is -0.309 e. The van der Waals surface area contributed by atoms with Crippen molar-refractivity contribution in [2.24, 2.45) is 0 Å². The second-order valence-electron chi connectivity index (χ2n) is 8.77. The molecule has 0 bridgehead atoms. The van der Waals surface area contributed by atoms with E-state index in [1.54, 1.807) is 0 Å². The molecule has 0 saturated heterocycles. The topological polar surface area (TPSA) is 35.6 Å². The molecule has 4 nitrogen and oxygen atoms in total. The van der Waals surface area contributed by atoms with Crippen LogP contribution in [0.3, 0.4) is 0 Å². The lowest BCUT2D eigenvalue weighted by Gasteiger charge is -2.12. The van der Waals surface area contributed by atoms with Crippen LogP contribution in [0.1, 0.15) is 5.56 Å². The van der Waals surface area contributed by atoms with Gasteiger partial charge in [0.05, 0.1) is 22.1 Å². The second-order valence-corrected chi connectivity index (χ2v) is 8.77. The van der Waals surface area contributed by atoms with Gasteiger partial charge in [0, 0.05) is 57.7 Å². The van der Waals surface area contributed by atoms with Crippen LogP contribution in [0.4, 0.5) is 0 Å². The van der Waals surface area contributed by atoms with E-state index in [-0.39, 0.29) is 0 Å². The van der Waals surface area contributed by atoms with Crippen LogP contribution in [0.2, 0.25) is 0 Å². The Labute approximate surface area is 197 Å². The molecule has 0 amide bonds. The van der Waals surface area contributed by atoms with Crippen LogP contribution in [-0.4, -0.2) is 26.9 Å². The zero-order chi connectivity index (χ0) is 22.8. The van der Waals surface area contributed by atoms with E-state index in [0.717, 1.165) is 49.5 Å². The molecule has 0 fully saturated rings. The maximum atomic E-state index is 6.13. The predicted molar refractivity (Wildman–Crippen MR) is 141 cm³/mol. The van der Waals surface area contributed by atoms with Gasteiger partial charge in [-0.15, -0.1) is 0 Å². The summed E-state index contributed by atoms with van der Waals surface area (Å²) in [4.78, 5) is 8.77. The van der Waals surface area contributed by atoms with E-state index in [4.69, 9.17) is 7.85 Å². The van der Waals surface area contributed by atoms with Crippen molar-refractivity contribution in [2.75, 3.05) is 0 Å². The Morgan fingerprint density at radius 3 is 1.79 bits per heavy atom. The Kier molecular flexibility index (Phi) is 3.97. The molecule has 0 aliphatic heterocycles. The molecule has 158 valence electrons. The quantitative estimate of drug-likeness (QED) is 0.324. The number of benzene rings is 3. The molecule has 4 aromatic heterocycles. The third kappa shape index (κ3) is 2.67. The number of rotatable bonds is 2. The summed E-state index contributed by atoms with van der Waals surface area (Å²) >= 11 is 0. The normalized spacial score (nSPS) is 11.8. The van der Waals surface area contributed by atoms with E-state index >= 15 is 0 Å². The van der Waals surface area contributed by atoms with Crippen molar-refractivity contribution in [1.82, 2.24) is 19.1 Å². The summed E-state index contributed by atoms with van der Waals surface area (Å²) in [5.74, 6) is 0. The van der Waals surface area contributed by atoms with E-state index in [9.17, 15) is 0 Å². The molecule has 0 spiro atoms. The third-order valence-corrected chi connectivity index (χ3v) is 6.66. The molecule has 5 heteroatoms. The molecule has 34 heavy (non-hydrogen) atoms. The van der Waals surface area contributed by atoms with Gasteiger partial charge in [-0.3, -0.25) is 9.97 Å². The maximum Gasteiger partial charge on any atom is 0.113 e. The summed E-state index contributed by atoms with van der Waals surface area (Å²) in [6.07, 6.45) is 7.58. The Balaban J connectivity index is 1.54. The largest absolute Gasteiger partial charge is 0.309 e. The third-order valence-electron chi connectivity index (χ3n) is 6.66. The lowest BCUT2D eigenvalue weighted by Crippen LogP contribution is -2.01. The van der Waals surface area contributed by atoms with Gasteiger partial charge < -0.3 is 9.13 Å². The van der Waals surface area contributed by atoms with E-state index in [1.807, 2.05) is 36.9 Å². The molecule has 2 radical (unpaired) electrons. The summed E-state index contributed by atoms with van der Waals surface area (Å²) < 4.78 is 4.61. The van der Waals surface area contributed by atoms with Crippen molar-refractivity contribution in [2.45, 2.75) is 6.92 Å². The number of nitrogens with zero attached hydrogens (tertiary/aromatic N) is 4. The maximum absolute atomic E-state index is 6.13. The lowest BCUT2D eigenvalue weighted by atomic mass is 9.95. The molecule has 7 aromatic rings. The molecular formula is C29H19BN4. The second kappa shape index (κ2) is 7.06. The fourth-order valence-electron chi connectivity index (χ4n) is 5.19. The average molecular weight is 434 g/mol. The molecule has 0 saturated carbocycles. The summed E-state index contributed by atoms with van der Waals surface area (Å²) in [7, 11) is 6.13. The molecule has 3 aromatic carbocycles. The first kappa shape index (κ1) is 19.1. The minimum absolute atomic E-state index is 0.748. The van der Waals surface area contributed by atoms with Crippen molar-refractivity contribution in [3.8, 4) is 11.4 Å². The summed E-state index contributed by atoms with van der Waals surface area (Å²) in [5, 5.41) is 4.57. The fourth-order valence-corrected chi connectivity index (χ4v) is 5.19. The van der Waals surface area contributed by atoms with Crippen LogP contribution >= 0.6 is 0 Å². The van der Waals surface area contributed by atoms with Crippen molar-refractivity contribution < 1.29 is 0 Å². The van der Waals surface area contributed by atoms with Gasteiger partial charge in [0.25, 0.3) is 0 Å². The molecule has 0 atom stereocenters. The molecular weight excluding hydrogens is 415 g/mol. The summed E-state index contributed by atoms with van der Waals surface area (Å²) in [5.41, 5.74) is 8.71. The smallest absolute Gasteiger partial charge is 0.113 e. The highest BCUT2D eigenvalue weighted by Crippen LogP contribution is 2.34. The predicted octanol–water partition coefficient (Wildman–Crippen LogP) is 5.77. The number of pyridine rings is 2. The van der Waals surface area contributed by atoms with Gasteiger partial charge in [0.2, 0.25) is 0 Å². The lowest BCUT2D eigenvalue weighted by molar-refractivity contribution is 1.13. The van der Waals surface area contributed by atoms with Gasteiger partial charge in [-0.25, -0.2) is 0 Å². The summed E-state index contributed by atoms with van der Waals surface area (Å²) in [6.45, 7) is 2.13. The monoisotopic (exact) mass is 434 g/mol. The highest BCUT2D eigenvalue weighted by Gasteiger charge is 2.15.